The monoisotopic (exact) mass is 288 g/mol. The average Bonchev–Trinajstić information content (AvgIpc) is 2.98. The quantitative estimate of drug-likeness (QED) is 0.833. The van der Waals surface area contributed by atoms with Crippen molar-refractivity contribution >= 4 is 9.84 Å². The van der Waals surface area contributed by atoms with E-state index in [1.54, 1.807) is 0 Å². The predicted molar refractivity (Wildman–Crippen MR) is 78.9 cm³/mol. The smallest absolute Gasteiger partial charge is 0.152 e. The molecule has 2 fully saturated rings. The summed E-state index contributed by atoms with van der Waals surface area (Å²) in [5.74, 6) is 0. The van der Waals surface area contributed by atoms with Gasteiger partial charge in [0.2, 0.25) is 0 Å². The first-order valence-electron chi connectivity index (χ1n) is 7.61. The molecule has 2 unspecified atom stereocenters. The van der Waals surface area contributed by atoms with Crippen LogP contribution in [0.15, 0.2) is 0 Å². The zero-order valence-electron chi connectivity index (χ0n) is 12.3. The number of nitrogens with zero attached hydrogens (tertiary/aromatic N) is 1. The fourth-order valence-corrected chi connectivity index (χ4v) is 6.21. The van der Waals surface area contributed by atoms with E-state index in [1.165, 1.54) is 31.9 Å². The van der Waals surface area contributed by atoms with Crippen LogP contribution in [0.4, 0.5) is 0 Å². The van der Waals surface area contributed by atoms with Crippen LogP contribution in [0.5, 0.6) is 0 Å². The van der Waals surface area contributed by atoms with E-state index < -0.39 is 9.84 Å². The summed E-state index contributed by atoms with van der Waals surface area (Å²) in [6, 6.07) is 0.538. The molecule has 5 heteroatoms. The second-order valence-electron chi connectivity index (χ2n) is 6.24. The van der Waals surface area contributed by atoms with Crippen LogP contribution in [0.2, 0.25) is 0 Å². The van der Waals surface area contributed by atoms with Crippen LogP contribution in [-0.4, -0.2) is 49.5 Å². The highest BCUT2D eigenvalue weighted by atomic mass is 32.2. The summed E-state index contributed by atoms with van der Waals surface area (Å²) in [4.78, 5) is 2.44. The maximum absolute atomic E-state index is 12.2. The summed E-state index contributed by atoms with van der Waals surface area (Å²) in [5, 5.41) is -0.273. The fraction of sp³-hybridized carbons (Fsp3) is 1.00. The molecule has 2 saturated carbocycles. The van der Waals surface area contributed by atoms with Gasteiger partial charge in [-0.2, -0.15) is 0 Å². The summed E-state index contributed by atoms with van der Waals surface area (Å²) in [6.07, 6.45) is 9.02. The molecule has 2 atom stereocenters. The molecule has 0 bridgehead atoms. The normalized spacial score (nSPS) is 33.4. The van der Waals surface area contributed by atoms with Crippen molar-refractivity contribution in [3.8, 4) is 0 Å². The maximum Gasteiger partial charge on any atom is 0.152 e. The molecule has 0 aliphatic heterocycles. The van der Waals surface area contributed by atoms with Crippen molar-refractivity contribution < 1.29 is 8.42 Å². The molecule has 2 rings (SSSR count). The molecule has 0 heterocycles. The van der Waals surface area contributed by atoms with E-state index in [0.717, 1.165) is 25.8 Å². The first-order chi connectivity index (χ1) is 8.95. The van der Waals surface area contributed by atoms with Crippen molar-refractivity contribution in [1.82, 2.24) is 4.90 Å². The Kier molecular flexibility index (Phi) is 4.58. The van der Waals surface area contributed by atoms with E-state index in [4.69, 9.17) is 5.73 Å². The first kappa shape index (κ1) is 15.3. The van der Waals surface area contributed by atoms with Crippen molar-refractivity contribution in [3.05, 3.63) is 0 Å². The average molecular weight is 288 g/mol. The molecule has 0 amide bonds. The standard InChI is InChI=1S/C14H28N2O2S/c1-3-16(12-7-4-5-8-12)14(11-15)10-6-9-13(14)19(2,17)18/h12-13H,3-11,15H2,1-2H3. The first-order valence-corrected chi connectivity index (χ1v) is 9.57. The van der Waals surface area contributed by atoms with Crippen molar-refractivity contribution in [1.29, 1.82) is 0 Å². The number of sulfone groups is 1. The highest BCUT2D eigenvalue weighted by Gasteiger charge is 2.52. The summed E-state index contributed by atoms with van der Waals surface area (Å²) < 4.78 is 24.3. The lowest BCUT2D eigenvalue weighted by Gasteiger charge is -2.47. The summed E-state index contributed by atoms with van der Waals surface area (Å²) >= 11 is 0. The molecule has 2 aliphatic rings. The highest BCUT2D eigenvalue weighted by Crippen LogP contribution is 2.42. The Hall–Kier alpha value is -0.130. The molecule has 4 nitrogen and oxygen atoms in total. The third-order valence-electron chi connectivity index (χ3n) is 5.22. The Morgan fingerprint density at radius 2 is 1.84 bits per heavy atom. The zero-order chi connectivity index (χ0) is 14.1. The minimum atomic E-state index is -3.03. The van der Waals surface area contributed by atoms with Gasteiger partial charge in [-0.05, 0) is 32.2 Å². The van der Waals surface area contributed by atoms with E-state index in [1.807, 2.05) is 0 Å². The van der Waals surface area contributed by atoms with E-state index in [-0.39, 0.29) is 10.8 Å². The molecule has 0 spiro atoms. The van der Waals surface area contributed by atoms with Gasteiger partial charge in [0, 0.05) is 18.8 Å². The van der Waals surface area contributed by atoms with Gasteiger partial charge >= 0.3 is 0 Å². The van der Waals surface area contributed by atoms with E-state index in [0.29, 0.717) is 12.6 Å². The second-order valence-corrected chi connectivity index (χ2v) is 8.47. The van der Waals surface area contributed by atoms with Gasteiger partial charge in [-0.25, -0.2) is 8.42 Å². The van der Waals surface area contributed by atoms with Gasteiger partial charge in [0.1, 0.15) is 0 Å². The molecule has 0 aromatic carbocycles. The lowest BCUT2D eigenvalue weighted by Crippen LogP contribution is -2.62. The zero-order valence-corrected chi connectivity index (χ0v) is 13.1. The van der Waals surface area contributed by atoms with E-state index in [9.17, 15) is 8.42 Å². The molecule has 112 valence electrons. The van der Waals surface area contributed by atoms with Gasteiger partial charge in [-0.15, -0.1) is 0 Å². The molecular formula is C14H28N2O2S. The van der Waals surface area contributed by atoms with Crippen molar-refractivity contribution in [2.75, 3.05) is 19.3 Å². The lowest BCUT2D eigenvalue weighted by molar-refractivity contribution is 0.0617. The van der Waals surface area contributed by atoms with E-state index in [2.05, 4.69) is 11.8 Å². The lowest BCUT2D eigenvalue weighted by atomic mass is 9.92. The maximum atomic E-state index is 12.2. The summed E-state index contributed by atoms with van der Waals surface area (Å²) in [7, 11) is -3.03. The highest BCUT2D eigenvalue weighted by molar-refractivity contribution is 7.91. The minimum absolute atomic E-state index is 0.273. The van der Waals surface area contributed by atoms with Crippen molar-refractivity contribution in [2.45, 2.75) is 68.7 Å². The van der Waals surface area contributed by atoms with Crippen LogP contribution < -0.4 is 5.73 Å². The van der Waals surface area contributed by atoms with Gasteiger partial charge in [0.05, 0.1) is 10.8 Å². The summed E-state index contributed by atoms with van der Waals surface area (Å²) in [5.41, 5.74) is 5.79. The van der Waals surface area contributed by atoms with Gasteiger partial charge in [0.15, 0.2) is 9.84 Å². The molecule has 0 aromatic rings. The molecule has 19 heavy (non-hydrogen) atoms. The topological polar surface area (TPSA) is 63.4 Å². The molecule has 0 saturated heterocycles. The van der Waals surface area contributed by atoms with Crippen LogP contribution in [0.25, 0.3) is 0 Å². The number of rotatable bonds is 5. The van der Waals surface area contributed by atoms with Crippen molar-refractivity contribution in [3.63, 3.8) is 0 Å². The van der Waals surface area contributed by atoms with Crippen LogP contribution in [0.1, 0.15) is 51.9 Å². The number of hydrogen-bond acceptors (Lipinski definition) is 4. The van der Waals surface area contributed by atoms with Crippen LogP contribution in [0, 0.1) is 0 Å². The van der Waals surface area contributed by atoms with Crippen molar-refractivity contribution in [2.24, 2.45) is 5.73 Å². The SMILES string of the molecule is CCN(C1CCCC1)C1(CN)CCCC1S(C)(=O)=O. The third-order valence-corrected chi connectivity index (χ3v) is 6.93. The van der Waals surface area contributed by atoms with Gasteiger partial charge in [-0.3, -0.25) is 4.90 Å². The second kappa shape index (κ2) is 5.70. The Bertz CT molecular complexity index is 404. The molecule has 0 aromatic heterocycles. The van der Waals surface area contributed by atoms with Crippen LogP contribution in [0.3, 0.4) is 0 Å². The molecule has 0 radical (unpaired) electrons. The molecule has 2 aliphatic carbocycles. The number of hydrogen-bond donors (Lipinski definition) is 1. The Morgan fingerprint density at radius 1 is 1.21 bits per heavy atom. The Labute approximate surface area is 117 Å². The molecular weight excluding hydrogens is 260 g/mol. The summed E-state index contributed by atoms with van der Waals surface area (Å²) in [6.45, 7) is 3.52. The largest absolute Gasteiger partial charge is 0.329 e. The number of likely N-dealkylation sites (N-methyl/N-ethyl adjacent to an activating group) is 1. The molecule has 2 N–H and O–H groups in total. The van der Waals surface area contributed by atoms with Gasteiger partial charge in [0.25, 0.3) is 0 Å². The Morgan fingerprint density at radius 3 is 2.32 bits per heavy atom. The van der Waals surface area contributed by atoms with Crippen LogP contribution in [-0.2, 0) is 9.84 Å². The number of nitrogens with two attached hydrogens (primary N) is 1. The minimum Gasteiger partial charge on any atom is -0.329 e. The third kappa shape index (κ3) is 2.69. The van der Waals surface area contributed by atoms with Crippen LogP contribution >= 0.6 is 0 Å². The Balaban J connectivity index is 2.33. The predicted octanol–water partition coefficient (Wildman–Crippen LogP) is 1.55. The fourth-order valence-electron chi connectivity index (χ4n) is 4.47. The van der Waals surface area contributed by atoms with E-state index >= 15 is 0 Å². The van der Waals surface area contributed by atoms with Gasteiger partial charge < -0.3 is 5.73 Å². The van der Waals surface area contributed by atoms with Gasteiger partial charge in [-0.1, -0.05) is 26.2 Å².